The molecule has 1 fully saturated rings. The smallest absolute Gasteiger partial charge is 0.321 e. The van der Waals surface area contributed by atoms with Crippen molar-refractivity contribution in [3.05, 3.63) is 29.8 Å². The highest BCUT2D eigenvalue weighted by Crippen LogP contribution is 2.15. The molecule has 0 aliphatic carbocycles. The molecule has 3 N–H and O–H groups in total. The molecule has 1 aliphatic heterocycles. The first-order chi connectivity index (χ1) is 9.10. The normalized spacial score (nSPS) is 18.9. The summed E-state index contributed by atoms with van der Waals surface area (Å²) in [6, 6.07) is 8.08. The Morgan fingerprint density at radius 1 is 1.42 bits per heavy atom. The second kappa shape index (κ2) is 6.04. The zero-order chi connectivity index (χ0) is 13.8. The molecule has 0 spiro atoms. The topological polar surface area (TPSA) is 61.6 Å². The van der Waals surface area contributed by atoms with Crippen LogP contribution in [0.25, 0.3) is 0 Å². The Bertz CT molecular complexity index is 430. The summed E-state index contributed by atoms with van der Waals surface area (Å²) >= 11 is 0. The van der Waals surface area contributed by atoms with Crippen LogP contribution in [0.4, 0.5) is 10.5 Å². The molecule has 1 saturated heterocycles. The van der Waals surface area contributed by atoms with E-state index >= 15 is 0 Å². The van der Waals surface area contributed by atoms with Crippen LogP contribution in [0.2, 0.25) is 0 Å². The number of likely N-dealkylation sites (tertiary alicyclic amines) is 1. The van der Waals surface area contributed by atoms with Gasteiger partial charge in [-0.15, -0.1) is 0 Å². The van der Waals surface area contributed by atoms with Gasteiger partial charge in [0.1, 0.15) is 0 Å². The molecule has 1 unspecified atom stereocenters. The van der Waals surface area contributed by atoms with Gasteiger partial charge in [0.25, 0.3) is 0 Å². The van der Waals surface area contributed by atoms with Gasteiger partial charge in [-0.1, -0.05) is 12.1 Å². The van der Waals surface area contributed by atoms with E-state index in [1.807, 2.05) is 29.2 Å². The molecule has 0 bridgehead atoms. The number of anilines is 1. The van der Waals surface area contributed by atoms with Crippen LogP contribution >= 0.6 is 0 Å². The van der Waals surface area contributed by atoms with Gasteiger partial charge in [0, 0.05) is 31.4 Å². The Balaban J connectivity index is 1.90. The molecule has 1 atom stereocenters. The highest BCUT2D eigenvalue weighted by Gasteiger charge is 2.27. The van der Waals surface area contributed by atoms with Gasteiger partial charge >= 0.3 is 6.03 Å². The molecule has 2 rings (SSSR count). The summed E-state index contributed by atoms with van der Waals surface area (Å²) in [6.07, 6.45) is 1.03. The molecule has 0 radical (unpaired) electrons. The number of carbonyl (C=O) groups excluding carboxylic acids is 1. The van der Waals surface area contributed by atoms with Crippen molar-refractivity contribution in [2.75, 3.05) is 32.5 Å². The van der Waals surface area contributed by atoms with Gasteiger partial charge in [-0.3, -0.25) is 0 Å². The van der Waals surface area contributed by atoms with Crippen molar-refractivity contribution in [2.24, 2.45) is 5.73 Å². The fourth-order valence-corrected chi connectivity index (χ4v) is 2.27. The molecule has 2 amide bonds. The number of nitrogens with zero attached hydrogens (tertiary/aromatic N) is 2. The maximum atomic E-state index is 12.1. The number of nitrogens with two attached hydrogens (primary N) is 1. The number of carbonyl (C=O) groups is 1. The monoisotopic (exact) mass is 262 g/mol. The van der Waals surface area contributed by atoms with Crippen LogP contribution in [-0.2, 0) is 6.54 Å². The van der Waals surface area contributed by atoms with Crippen LogP contribution in [-0.4, -0.2) is 49.1 Å². The van der Waals surface area contributed by atoms with Crippen molar-refractivity contribution >= 4 is 11.7 Å². The number of benzene rings is 1. The van der Waals surface area contributed by atoms with Crippen LogP contribution in [0, 0.1) is 0 Å². The summed E-state index contributed by atoms with van der Waals surface area (Å²) < 4.78 is 0. The third kappa shape index (κ3) is 3.45. The average molecular weight is 262 g/mol. The SMILES string of the molecule is CN(C)C1CCN(C(=O)Nc2ccc(CN)cc2)C1. The van der Waals surface area contributed by atoms with E-state index in [2.05, 4.69) is 24.3 Å². The van der Waals surface area contributed by atoms with Gasteiger partial charge in [-0.25, -0.2) is 4.79 Å². The van der Waals surface area contributed by atoms with E-state index in [1.165, 1.54) is 0 Å². The average Bonchev–Trinajstić information content (AvgIpc) is 2.89. The van der Waals surface area contributed by atoms with Crippen molar-refractivity contribution in [3.8, 4) is 0 Å². The lowest BCUT2D eigenvalue weighted by molar-refractivity contribution is 0.216. The summed E-state index contributed by atoms with van der Waals surface area (Å²) in [6.45, 7) is 2.13. The summed E-state index contributed by atoms with van der Waals surface area (Å²) in [5, 5.41) is 2.92. The van der Waals surface area contributed by atoms with E-state index in [0.717, 1.165) is 30.8 Å². The Morgan fingerprint density at radius 2 is 2.11 bits per heavy atom. The molecule has 1 heterocycles. The molecule has 0 saturated carbocycles. The number of hydrogen-bond donors (Lipinski definition) is 2. The first-order valence-electron chi connectivity index (χ1n) is 6.61. The maximum Gasteiger partial charge on any atom is 0.321 e. The Morgan fingerprint density at radius 3 is 2.63 bits per heavy atom. The Kier molecular flexibility index (Phi) is 4.39. The van der Waals surface area contributed by atoms with E-state index in [-0.39, 0.29) is 6.03 Å². The minimum absolute atomic E-state index is 0.0233. The highest BCUT2D eigenvalue weighted by molar-refractivity contribution is 5.89. The zero-order valence-corrected chi connectivity index (χ0v) is 11.6. The van der Waals surface area contributed by atoms with Gasteiger partial charge in [0.15, 0.2) is 0 Å². The third-order valence-corrected chi connectivity index (χ3v) is 3.62. The van der Waals surface area contributed by atoms with E-state index < -0.39 is 0 Å². The van der Waals surface area contributed by atoms with E-state index in [0.29, 0.717) is 12.6 Å². The van der Waals surface area contributed by atoms with Crippen LogP contribution in [0.15, 0.2) is 24.3 Å². The maximum absolute atomic E-state index is 12.1. The minimum Gasteiger partial charge on any atom is -0.326 e. The van der Waals surface area contributed by atoms with Gasteiger partial charge < -0.3 is 20.9 Å². The standard InChI is InChI=1S/C14H22N4O/c1-17(2)13-7-8-18(10-13)14(19)16-12-5-3-11(9-15)4-6-12/h3-6,13H,7-10,15H2,1-2H3,(H,16,19). The molecule has 104 valence electrons. The molecular formula is C14H22N4O. The van der Waals surface area contributed by atoms with Crippen molar-refractivity contribution in [1.82, 2.24) is 9.80 Å². The summed E-state index contributed by atoms with van der Waals surface area (Å²) in [4.78, 5) is 16.1. The number of urea groups is 1. The Hall–Kier alpha value is -1.59. The van der Waals surface area contributed by atoms with Gasteiger partial charge in [-0.05, 0) is 38.2 Å². The van der Waals surface area contributed by atoms with Crippen LogP contribution < -0.4 is 11.1 Å². The fraction of sp³-hybridized carbons (Fsp3) is 0.500. The molecule has 19 heavy (non-hydrogen) atoms. The molecule has 1 aromatic rings. The molecular weight excluding hydrogens is 240 g/mol. The van der Waals surface area contributed by atoms with Crippen molar-refractivity contribution < 1.29 is 4.79 Å². The largest absolute Gasteiger partial charge is 0.326 e. The molecule has 1 aromatic carbocycles. The quantitative estimate of drug-likeness (QED) is 0.863. The zero-order valence-electron chi connectivity index (χ0n) is 11.6. The molecule has 1 aliphatic rings. The van der Waals surface area contributed by atoms with E-state index in [4.69, 9.17) is 5.73 Å². The van der Waals surface area contributed by atoms with E-state index in [1.54, 1.807) is 0 Å². The highest BCUT2D eigenvalue weighted by atomic mass is 16.2. The number of amides is 2. The summed E-state index contributed by atoms with van der Waals surface area (Å²) in [5.74, 6) is 0. The lowest BCUT2D eigenvalue weighted by Gasteiger charge is -2.20. The lowest BCUT2D eigenvalue weighted by Crippen LogP contribution is -2.36. The molecule has 5 nitrogen and oxygen atoms in total. The summed E-state index contributed by atoms with van der Waals surface area (Å²) in [7, 11) is 4.11. The molecule has 5 heteroatoms. The van der Waals surface area contributed by atoms with Crippen LogP contribution in [0.3, 0.4) is 0 Å². The molecule has 0 aromatic heterocycles. The van der Waals surface area contributed by atoms with Gasteiger partial charge in [0.2, 0.25) is 0 Å². The number of hydrogen-bond acceptors (Lipinski definition) is 3. The van der Waals surface area contributed by atoms with Gasteiger partial charge in [-0.2, -0.15) is 0 Å². The number of likely N-dealkylation sites (N-methyl/N-ethyl adjacent to an activating group) is 1. The van der Waals surface area contributed by atoms with Crippen molar-refractivity contribution in [2.45, 2.75) is 19.0 Å². The number of nitrogens with one attached hydrogen (secondary N) is 1. The fourth-order valence-electron chi connectivity index (χ4n) is 2.27. The second-order valence-electron chi connectivity index (χ2n) is 5.18. The minimum atomic E-state index is -0.0233. The van der Waals surface area contributed by atoms with Crippen LogP contribution in [0.1, 0.15) is 12.0 Å². The third-order valence-electron chi connectivity index (χ3n) is 3.62. The van der Waals surface area contributed by atoms with Crippen molar-refractivity contribution in [3.63, 3.8) is 0 Å². The first-order valence-corrected chi connectivity index (χ1v) is 6.61. The van der Waals surface area contributed by atoms with E-state index in [9.17, 15) is 4.79 Å². The number of rotatable bonds is 3. The lowest BCUT2D eigenvalue weighted by atomic mass is 10.2. The predicted octanol–water partition coefficient (Wildman–Crippen LogP) is 1.31. The second-order valence-corrected chi connectivity index (χ2v) is 5.18. The predicted molar refractivity (Wildman–Crippen MR) is 77.0 cm³/mol. The Labute approximate surface area is 114 Å². The van der Waals surface area contributed by atoms with Crippen LogP contribution in [0.5, 0.6) is 0 Å². The van der Waals surface area contributed by atoms with Gasteiger partial charge in [0.05, 0.1) is 0 Å². The van der Waals surface area contributed by atoms with Crippen molar-refractivity contribution in [1.29, 1.82) is 0 Å². The summed E-state index contributed by atoms with van der Waals surface area (Å²) in [5.41, 5.74) is 7.42. The first kappa shape index (κ1) is 13.8.